The Morgan fingerprint density at radius 3 is 2.50 bits per heavy atom. The van der Waals surface area contributed by atoms with Gasteiger partial charge in [0.25, 0.3) is 5.91 Å². The lowest BCUT2D eigenvalue weighted by Crippen LogP contribution is -2.50. The van der Waals surface area contributed by atoms with Crippen molar-refractivity contribution in [1.29, 1.82) is 0 Å². The van der Waals surface area contributed by atoms with Crippen LogP contribution >= 0.6 is 0 Å². The molecule has 0 spiro atoms. The summed E-state index contributed by atoms with van der Waals surface area (Å²) in [6.45, 7) is 0.295. The molecule has 100 valence electrons. The monoisotopic (exact) mass is 253 g/mol. The highest BCUT2D eigenvalue weighted by Gasteiger charge is 2.44. The van der Waals surface area contributed by atoms with Crippen molar-refractivity contribution in [1.82, 2.24) is 10.2 Å². The molecular weight excluding hydrogens is 234 g/mol. The van der Waals surface area contributed by atoms with E-state index in [2.05, 4.69) is 5.32 Å². The Kier molecular flexibility index (Phi) is 3.38. The molecule has 1 atom stereocenters. The maximum Gasteiger partial charge on any atom is 0.252 e. The van der Waals surface area contributed by atoms with E-state index >= 15 is 0 Å². The molecule has 0 aromatic rings. The van der Waals surface area contributed by atoms with E-state index in [4.69, 9.17) is 5.73 Å². The first kappa shape index (κ1) is 13.0. The lowest BCUT2D eigenvalue weighted by atomic mass is 9.85. The number of likely N-dealkylation sites (tertiary alicyclic amines) is 1. The van der Waals surface area contributed by atoms with Gasteiger partial charge in [-0.15, -0.1) is 0 Å². The maximum absolute atomic E-state index is 12.2. The summed E-state index contributed by atoms with van der Waals surface area (Å²) in [6.07, 6.45) is 3.56. The number of hydrogen-bond acceptors (Lipinski definition) is 4. The highest BCUT2D eigenvalue weighted by Crippen LogP contribution is 2.37. The van der Waals surface area contributed by atoms with Gasteiger partial charge in [0.2, 0.25) is 11.8 Å². The molecular formula is C12H19N3O3. The number of rotatable bonds is 3. The minimum Gasteiger partial charge on any atom is -0.343 e. The summed E-state index contributed by atoms with van der Waals surface area (Å²) in [7, 11) is 1.44. The Labute approximate surface area is 106 Å². The first-order chi connectivity index (χ1) is 8.50. The minimum atomic E-state index is -0.709. The molecule has 1 unspecified atom stereocenters. The molecule has 3 amide bonds. The molecule has 0 aromatic heterocycles. The van der Waals surface area contributed by atoms with Crippen molar-refractivity contribution in [2.45, 2.75) is 38.1 Å². The van der Waals surface area contributed by atoms with Crippen LogP contribution in [0.1, 0.15) is 32.1 Å². The molecule has 1 heterocycles. The van der Waals surface area contributed by atoms with Crippen LogP contribution in [0.2, 0.25) is 0 Å². The second-order valence-corrected chi connectivity index (χ2v) is 5.21. The van der Waals surface area contributed by atoms with Crippen molar-refractivity contribution in [3.05, 3.63) is 0 Å². The normalized spacial score (nSPS) is 26.8. The zero-order chi connectivity index (χ0) is 13.3. The van der Waals surface area contributed by atoms with E-state index < -0.39 is 11.5 Å². The quantitative estimate of drug-likeness (QED) is 0.656. The van der Waals surface area contributed by atoms with Gasteiger partial charge in [-0.2, -0.15) is 0 Å². The maximum atomic E-state index is 12.2. The first-order valence-electron chi connectivity index (χ1n) is 6.31. The van der Waals surface area contributed by atoms with Crippen LogP contribution in [0.5, 0.6) is 0 Å². The molecule has 6 heteroatoms. The number of nitrogens with two attached hydrogens (primary N) is 1. The molecule has 6 nitrogen and oxygen atoms in total. The predicted molar refractivity (Wildman–Crippen MR) is 64.3 cm³/mol. The van der Waals surface area contributed by atoms with Gasteiger partial charge in [0.1, 0.15) is 6.04 Å². The van der Waals surface area contributed by atoms with E-state index in [1.165, 1.54) is 7.05 Å². The molecule has 2 rings (SSSR count). The van der Waals surface area contributed by atoms with Crippen LogP contribution in [0.4, 0.5) is 0 Å². The fourth-order valence-corrected chi connectivity index (χ4v) is 2.76. The second kappa shape index (κ2) is 4.68. The number of amides is 3. The van der Waals surface area contributed by atoms with E-state index in [0.29, 0.717) is 6.54 Å². The third-order valence-corrected chi connectivity index (χ3v) is 4.12. The summed E-state index contributed by atoms with van der Waals surface area (Å²) in [4.78, 5) is 36.4. The van der Waals surface area contributed by atoms with Gasteiger partial charge in [0.05, 0.1) is 11.8 Å². The van der Waals surface area contributed by atoms with Crippen LogP contribution in [-0.4, -0.2) is 42.3 Å². The number of likely N-dealkylation sites (N-methyl/N-ethyl adjacent to an activating group) is 1. The molecule has 1 aliphatic heterocycles. The molecule has 0 radical (unpaired) electrons. The molecule has 18 heavy (non-hydrogen) atoms. The van der Waals surface area contributed by atoms with E-state index in [1.54, 1.807) is 0 Å². The Bertz CT molecular complexity index is 388. The van der Waals surface area contributed by atoms with Gasteiger partial charge in [-0.25, -0.2) is 0 Å². The van der Waals surface area contributed by atoms with Gasteiger partial charge in [-0.1, -0.05) is 12.8 Å². The van der Waals surface area contributed by atoms with Crippen LogP contribution < -0.4 is 11.1 Å². The van der Waals surface area contributed by atoms with Crippen molar-refractivity contribution >= 4 is 17.7 Å². The summed E-state index contributed by atoms with van der Waals surface area (Å²) in [5.74, 6) is -0.763. The van der Waals surface area contributed by atoms with E-state index in [1.807, 2.05) is 0 Å². The average molecular weight is 253 g/mol. The summed E-state index contributed by atoms with van der Waals surface area (Å²) in [5, 5.41) is 2.69. The Hall–Kier alpha value is -1.43. The molecule has 2 fully saturated rings. The van der Waals surface area contributed by atoms with E-state index in [-0.39, 0.29) is 24.1 Å². The molecule has 0 aromatic carbocycles. The van der Waals surface area contributed by atoms with Crippen LogP contribution in [0.15, 0.2) is 0 Å². The topological polar surface area (TPSA) is 92.5 Å². The summed E-state index contributed by atoms with van der Waals surface area (Å²) in [5.41, 5.74) is 5.17. The number of hydrogen-bond donors (Lipinski definition) is 2. The molecule has 2 aliphatic rings. The predicted octanol–water partition coefficient (Wildman–Crippen LogP) is -0.621. The lowest BCUT2D eigenvalue weighted by Gasteiger charge is -2.27. The van der Waals surface area contributed by atoms with Gasteiger partial charge in [0, 0.05) is 13.6 Å². The lowest BCUT2D eigenvalue weighted by molar-refractivity contribution is -0.139. The minimum absolute atomic E-state index is 0.0573. The van der Waals surface area contributed by atoms with E-state index in [0.717, 1.165) is 30.6 Å². The highest BCUT2D eigenvalue weighted by molar-refractivity contribution is 6.06. The van der Waals surface area contributed by atoms with Crippen molar-refractivity contribution < 1.29 is 14.4 Å². The van der Waals surface area contributed by atoms with Gasteiger partial charge < -0.3 is 11.1 Å². The van der Waals surface area contributed by atoms with Crippen LogP contribution in [0.25, 0.3) is 0 Å². The fourth-order valence-electron chi connectivity index (χ4n) is 2.76. The van der Waals surface area contributed by atoms with Crippen molar-refractivity contribution in [2.24, 2.45) is 11.1 Å². The Morgan fingerprint density at radius 1 is 1.44 bits per heavy atom. The number of nitrogens with zero attached hydrogens (tertiary/aromatic N) is 1. The SMILES string of the molecule is CN1C(=O)CC(NC(=O)C2(CN)CCCC2)C1=O. The Balaban J connectivity index is 2.04. The summed E-state index contributed by atoms with van der Waals surface area (Å²) >= 11 is 0. The van der Waals surface area contributed by atoms with Gasteiger partial charge in [-0.3, -0.25) is 19.3 Å². The number of carbonyl (C=O) groups is 3. The zero-order valence-corrected chi connectivity index (χ0v) is 10.6. The average Bonchev–Trinajstić information content (AvgIpc) is 2.93. The van der Waals surface area contributed by atoms with Crippen molar-refractivity contribution in [3.8, 4) is 0 Å². The smallest absolute Gasteiger partial charge is 0.252 e. The standard InChI is InChI=1S/C12H19N3O3/c1-15-9(16)6-8(10(15)17)14-11(18)12(7-13)4-2-3-5-12/h8H,2-7,13H2,1H3,(H,14,18). The third kappa shape index (κ3) is 2.01. The van der Waals surface area contributed by atoms with Gasteiger partial charge in [-0.05, 0) is 12.8 Å². The van der Waals surface area contributed by atoms with Crippen LogP contribution in [0.3, 0.4) is 0 Å². The van der Waals surface area contributed by atoms with Crippen molar-refractivity contribution in [2.75, 3.05) is 13.6 Å². The van der Waals surface area contributed by atoms with Crippen molar-refractivity contribution in [3.63, 3.8) is 0 Å². The zero-order valence-electron chi connectivity index (χ0n) is 10.6. The molecule has 1 aliphatic carbocycles. The highest BCUT2D eigenvalue weighted by atomic mass is 16.2. The van der Waals surface area contributed by atoms with E-state index in [9.17, 15) is 14.4 Å². The summed E-state index contributed by atoms with van der Waals surface area (Å²) in [6, 6.07) is -0.709. The largest absolute Gasteiger partial charge is 0.343 e. The molecule has 1 saturated heterocycles. The van der Waals surface area contributed by atoms with Crippen LogP contribution in [0, 0.1) is 5.41 Å². The second-order valence-electron chi connectivity index (χ2n) is 5.21. The van der Waals surface area contributed by atoms with Crippen LogP contribution in [-0.2, 0) is 14.4 Å². The number of nitrogens with one attached hydrogen (secondary N) is 1. The first-order valence-corrected chi connectivity index (χ1v) is 6.31. The number of carbonyl (C=O) groups excluding carboxylic acids is 3. The Morgan fingerprint density at radius 2 is 2.06 bits per heavy atom. The summed E-state index contributed by atoms with van der Waals surface area (Å²) < 4.78 is 0. The molecule has 3 N–H and O–H groups in total. The van der Waals surface area contributed by atoms with Gasteiger partial charge >= 0.3 is 0 Å². The molecule has 0 bridgehead atoms. The number of imide groups is 1. The third-order valence-electron chi connectivity index (χ3n) is 4.12. The van der Waals surface area contributed by atoms with Gasteiger partial charge in [0.15, 0.2) is 0 Å². The fraction of sp³-hybridized carbons (Fsp3) is 0.750. The molecule has 1 saturated carbocycles.